The smallest absolute Gasteiger partial charge is 0.322 e. The van der Waals surface area contributed by atoms with Crippen molar-refractivity contribution in [1.82, 2.24) is 4.90 Å². The molecule has 1 aliphatic rings. The van der Waals surface area contributed by atoms with E-state index in [-0.39, 0.29) is 23.2 Å². The Labute approximate surface area is 127 Å². The SMILES string of the molecule is Cc1cccc(NC(=O)N2C(C)(C)CC(N)CC2(C)C)c1. The van der Waals surface area contributed by atoms with E-state index in [0.29, 0.717) is 0 Å². The lowest BCUT2D eigenvalue weighted by Gasteiger charge is -2.54. The number of hydrogen-bond acceptors (Lipinski definition) is 2. The Hall–Kier alpha value is -1.55. The first-order valence-corrected chi connectivity index (χ1v) is 7.55. The number of rotatable bonds is 1. The molecule has 0 aromatic heterocycles. The van der Waals surface area contributed by atoms with Gasteiger partial charge < -0.3 is 16.0 Å². The van der Waals surface area contributed by atoms with Gasteiger partial charge in [-0.1, -0.05) is 12.1 Å². The van der Waals surface area contributed by atoms with Crippen LogP contribution < -0.4 is 11.1 Å². The predicted octanol–water partition coefficient (Wildman–Crippen LogP) is 3.51. The number of nitrogens with zero attached hydrogens (tertiary/aromatic N) is 1. The molecular weight excluding hydrogens is 262 g/mol. The maximum Gasteiger partial charge on any atom is 0.322 e. The average molecular weight is 289 g/mol. The van der Waals surface area contributed by atoms with Crippen LogP contribution in [0.15, 0.2) is 24.3 Å². The summed E-state index contributed by atoms with van der Waals surface area (Å²) in [4.78, 5) is 14.7. The topological polar surface area (TPSA) is 58.4 Å². The van der Waals surface area contributed by atoms with Gasteiger partial charge in [-0.3, -0.25) is 0 Å². The number of nitrogens with two attached hydrogens (primary N) is 1. The lowest BCUT2D eigenvalue weighted by molar-refractivity contribution is 0.00877. The summed E-state index contributed by atoms with van der Waals surface area (Å²) in [7, 11) is 0. The highest BCUT2D eigenvalue weighted by molar-refractivity contribution is 5.90. The quantitative estimate of drug-likeness (QED) is 0.831. The van der Waals surface area contributed by atoms with Crippen LogP contribution in [0.3, 0.4) is 0 Å². The molecule has 0 spiro atoms. The van der Waals surface area contributed by atoms with Crippen LogP contribution in [0, 0.1) is 6.92 Å². The van der Waals surface area contributed by atoms with E-state index >= 15 is 0 Å². The van der Waals surface area contributed by atoms with Gasteiger partial charge in [-0.25, -0.2) is 4.79 Å². The molecule has 2 amide bonds. The number of aryl methyl sites for hydroxylation is 1. The van der Waals surface area contributed by atoms with Crippen LogP contribution >= 0.6 is 0 Å². The second kappa shape index (κ2) is 5.34. The van der Waals surface area contributed by atoms with Gasteiger partial charge in [0.25, 0.3) is 0 Å². The van der Waals surface area contributed by atoms with Gasteiger partial charge in [0.05, 0.1) is 0 Å². The van der Waals surface area contributed by atoms with Crippen LogP contribution in [-0.2, 0) is 0 Å². The second-order valence-corrected chi connectivity index (χ2v) is 7.43. The number of carbonyl (C=O) groups excluding carboxylic acids is 1. The minimum absolute atomic E-state index is 0.0532. The summed E-state index contributed by atoms with van der Waals surface area (Å²) in [6.45, 7) is 10.4. The fourth-order valence-corrected chi connectivity index (χ4v) is 3.81. The van der Waals surface area contributed by atoms with Crippen molar-refractivity contribution >= 4 is 11.7 Å². The number of anilines is 1. The summed E-state index contributed by atoms with van der Waals surface area (Å²) in [5, 5.41) is 3.02. The van der Waals surface area contributed by atoms with E-state index in [1.807, 2.05) is 36.1 Å². The standard InChI is InChI=1S/C17H27N3O/c1-12-7-6-8-14(9-12)19-15(21)20-16(2,3)10-13(18)11-17(20,4)5/h6-9,13H,10-11,18H2,1-5H3,(H,19,21). The molecule has 1 saturated heterocycles. The Morgan fingerprint density at radius 3 is 2.33 bits per heavy atom. The largest absolute Gasteiger partial charge is 0.328 e. The van der Waals surface area contributed by atoms with Crippen molar-refractivity contribution in [3.05, 3.63) is 29.8 Å². The van der Waals surface area contributed by atoms with Gasteiger partial charge in [0, 0.05) is 22.8 Å². The maximum atomic E-state index is 12.8. The zero-order valence-electron chi connectivity index (χ0n) is 13.7. The van der Waals surface area contributed by atoms with E-state index in [2.05, 4.69) is 33.0 Å². The molecule has 0 radical (unpaired) electrons. The minimum Gasteiger partial charge on any atom is -0.328 e. The normalized spacial score (nSPS) is 21.1. The molecule has 3 N–H and O–H groups in total. The molecule has 4 nitrogen and oxygen atoms in total. The molecule has 1 heterocycles. The Kier molecular flexibility index (Phi) is 4.02. The highest BCUT2D eigenvalue weighted by Gasteiger charge is 2.46. The minimum atomic E-state index is -0.255. The molecule has 0 unspecified atom stereocenters. The van der Waals surface area contributed by atoms with Crippen LogP contribution in [0.2, 0.25) is 0 Å². The molecule has 4 heteroatoms. The fourth-order valence-electron chi connectivity index (χ4n) is 3.81. The first-order chi connectivity index (χ1) is 9.62. The Morgan fingerprint density at radius 2 is 1.81 bits per heavy atom. The molecule has 1 aliphatic heterocycles. The Balaban J connectivity index is 2.24. The summed E-state index contributed by atoms with van der Waals surface area (Å²) >= 11 is 0. The van der Waals surface area contributed by atoms with Gasteiger partial charge in [0.1, 0.15) is 0 Å². The molecule has 1 aromatic rings. The second-order valence-electron chi connectivity index (χ2n) is 7.43. The van der Waals surface area contributed by atoms with E-state index in [9.17, 15) is 4.79 Å². The first-order valence-electron chi connectivity index (χ1n) is 7.55. The highest BCUT2D eigenvalue weighted by atomic mass is 16.2. The van der Waals surface area contributed by atoms with E-state index < -0.39 is 0 Å². The van der Waals surface area contributed by atoms with Crippen molar-refractivity contribution in [2.45, 2.75) is 64.6 Å². The third-order valence-electron chi connectivity index (χ3n) is 4.21. The summed E-state index contributed by atoms with van der Waals surface area (Å²) in [5.41, 5.74) is 7.62. The highest BCUT2D eigenvalue weighted by Crippen LogP contribution is 2.38. The molecule has 21 heavy (non-hydrogen) atoms. The first kappa shape index (κ1) is 15.8. The van der Waals surface area contributed by atoms with Gasteiger partial charge in [-0.05, 0) is 65.2 Å². The fraction of sp³-hybridized carbons (Fsp3) is 0.588. The monoisotopic (exact) mass is 289 g/mol. The lowest BCUT2D eigenvalue weighted by Crippen LogP contribution is -2.66. The van der Waals surface area contributed by atoms with Crippen molar-refractivity contribution in [2.24, 2.45) is 5.73 Å². The van der Waals surface area contributed by atoms with Crippen molar-refractivity contribution in [2.75, 3.05) is 5.32 Å². The number of urea groups is 1. The van der Waals surface area contributed by atoms with Gasteiger partial charge in [-0.2, -0.15) is 0 Å². The molecule has 1 fully saturated rings. The third kappa shape index (κ3) is 3.38. The van der Waals surface area contributed by atoms with Crippen LogP contribution in [0.1, 0.15) is 46.1 Å². The zero-order chi connectivity index (χ0) is 15.8. The number of piperidine rings is 1. The molecule has 0 bridgehead atoms. The molecule has 0 atom stereocenters. The van der Waals surface area contributed by atoms with Crippen LogP contribution in [0.5, 0.6) is 0 Å². The van der Waals surface area contributed by atoms with Crippen LogP contribution in [0.4, 0.5) is 10.5 Å². The van der Waals surface area contributed by atoms with Crippen molar-refractivity contribution < 1.29 is 4.79 Å². The van der Waals surface area contributed by atoms with Crippen molar-refractivity contribution in [1.29, 1.82) is 0 Å². The molecule has 1 aromatic carbocycles. The Bertz CT molecular complexity index is 519. The lowest BCUT2D eigenvalue weighted by atomic mass is 9.77. The van der Waals surface area contributed by atoms with Crippen LogP contribution in [0.25, 0.3) is 0 Å². The van der Waals surface area contributed by atoms with Gasteiger partial charge in [0.15, 0.2) is 0 Å². The predicted molar refractivity (Wildman–Crippen MR) is 87.4 cm³/mol. The van der Waals surface area contributed by atoms with Gasteiger partial charge in [-0.15, -0.1) is 0 Å². The summed E-state index contributed by atoms with van der Waals surface area (Å²) in [6, 6.07) is 7.95. The van der Waals surface area contributed by atoms with Crippen molar-refractivity contribution in [3.63, 3.8) is 0 Å². The molecule has 0 saturated carbocycles. The van der Waals surface area contributed by atoms with E-state index in [0.717, 1.165) is 24.1 Å². The molecule has 0 aliphatic carbocycles. The molecule has 2 rings (SSSR count). The number of benzene rings is 1. The number of likely N-dealkylation sites (tertiary alicyclic amines) is 1. The maximum absolute atomic E-state index is 12.8. The van der Waals surface area contributed by atoms with Gasteiger partial charge >= 0.3 is 6.03 Å². The summed E-state index contributed by atoms with van der Waals surface area (Å²) in [5.74, 6) is 0. The van der Waals surface area contributed by atoms with Gasteiger partial charge in [0.2, 0.25) is 0 Å². The van der Waals surface area contributed by atoms with E-state index in [4.69, 9.17) is 5.73 Å². The number of amides is 2. The summed E-state index contributed by atoms with van der Waals surface area (Å²) < 4.78 is 0. The molecule has 116 valence electrons. The zero-order valence-corrected chi connectivity index (χ0v) is 13.7. The van der Waals surface area contributed by atoms with E-state index in [1.54, 1.807) is 0 Å². The van der Waals surface area contributed by atoms with E-state index in [1.165, 1.54) is 0 Å². The van der Waals surface area contributed by atoms with Crippen molar-refractivity contribution in [3.8, 4) is 0 Å². The van der Waals surface area contributed by atoms with Crippen LogP contribution in [-0.4, -0.2) is 28.1 Å². The molecular formula is C17H27N3O. The average Bonchev–Trinajstić information content (AvgIpc) is 2.23. The number of hydrogen-bond donors (Lipinski definition) is 2. The number of nitrogens with one attached hydrogen (secondary N) is 1. The number of carbonyl (C=O) groups is 1. The Morgan fingerprint density at radius 1 is 1.24 bits per heavy atom. The third-order valence-corrected chi connectivity index (χ3v) is 4.21. The summed E-state index contributed by atoms with van der Waals surface area (Å²) in [6.07, 6.45) is 1.63.